The second-order valence-electron chi connectivity index (χ2n) is 5.57. The molecule has 4 rings (SSSR count). The number of fused-ring (bicyclic) bond motifs is 1. The monoisotopic (exact) mass is 380 g/mol. The summed E-state index contributed by atoms with van der Waals surface area (Å²) in [4.78, 5) is 20.0. The molecule has 0 amide bonds. The van der Waals surface area contributed by atoms with Crippen molar-refractivity contribution in [1.82, 2.24) is 19.7 Å². The molecule has 27 heavy (non-hydrogen) atoms. The minimum Gasteiger partial charge on any atom is -0.465 e. The molecule has 0 spiro atoms. The van der Waals surface area contributed by atoms with Gasteiger partial charge in [-0.15, -0.1) is 0 Å². The van der Waals surface area contributed by atoms with Crippen LogP contribution < -0.4 is 4.74 Å². The average Bonchev–Trinajstić information content (AvgIpc) is 3.14. The Bertz CT molecular complexity index is 1110. The lowest BCUT2D eigenvalue weighted by Gasteiger charge is -2.07. The molecule has 0 atom stereocenters. The second-order valence-corrected chi connectivity index (χ2v) is 6.00. The maximum atomic E-state index is 11.5. The Balaban J connectivity index is 1.67. The van der Waals surface area contributed by atoms with Crippen LogP contribution in [0.15, 0.2) is 61.1 Å². The zero-order chi connectivity index (χ0) is 18.8. The number of nitrogens with zero attached hydrogens (tertiary/aromatic N) is 4. The van der Waals surface area contributed by atoms with Gasteiger partial charge in [0.25, 0.3) is 0 Å². The van der Waals surface area contributed by atoms with Crippen molar-refractivity contribution in [3.63, 3.8) is 0 Å². The standard InChI is InChI=1S/C19H13ClN4O3/c1-26-19(25)12-2-8-15(9-3-12)27-18-16-10-23-24(17(16)21-11-22-18)14-6-4-13(20)5-7-14/h2-11H,1H3. The number of aromatic nitrogens is 4. The summed E-state index contributed by atoms with van der Waals surface area (Å²) in [5, 5.41) is 5.68. The lowest BCUT2D eigenvalue weighted by molar-refractivity contribution is 0.0600. The Kier molecular flexibility index (Phi) is 4.43. The maximum Gasteiger partial charge on any atom is 0.337 e. The smallest absolute Gasteiger partial charge is 0.337 e. The van der Waals surface area contributed by atoms with Gasteiger partial charge in [0.05, 0.1) is 24.6 Å². The van der Waals surface area contributed by atoms with Crippen LogP contribution in [0, 0.1) is 0 Å². The topological polar surface area (TPSA) is 79.1 Å². The van der Waals surface area contributed by atoms with Gasteiger partial charge >= 0.3 is 5.97 Å². The van der Waals surface area contributed by atoms with Crippen molar-refractivity contribution in [3.8, 4) is 17.3 Å². The summed E-state index contributed by atoms with van der Waals surface area (Å²) in [5.74, 6) is 0.489. The minimum atomic E-state index is -0.407. The Morgan fingerprint density at radius 2 is 1.78 bits per heavy atom. The van der Waals surface area contributed by atoms with Gasteiger partial charge in [-0.1, -0.05) is 11.6 Å². The van der Waals surface area contributed by atoms with Gasteiger partial charge < -0.3 is 9.47 Å². The number of benzene rings is 2. The minimum absolute atomic E-state index is 0.367. The summed E-state index contributed by atoms with van der Waals surface area (Å²) >= 11 is 5.94. The van der Waals surface area contributed by atoms with Crippen LogP contribution in [-0.2, 0) is 4.74 Å². The molecule has 7 nitrogen and oxygen atoms in total. The first-order valence-corrected chi connectivity index (χ1v) is 8.34. The predicted octanol–water partition coefficient (Wildman–Crippen LogP) is 4.05. The molecule has 0 aliphatic rings. The summed E-state index contributed by atoms with van der Waals surface area (Å²) in [6, 6.07) is 13.9. The van der Waals surface area contributed by atoms with E-state index >= 15 is 0 Å². The molecular formula is C19H13ClN4O3. The molecule has 0 N–H and O–H groups in total. The van der Waals surface area contributed by atoms with Crippen LogP contribution in [0.2, 0.25) is 5.02 Å². The van der Waals surface area contributed by atoms with Crippen LogP contribution in [0.25, 0.3) is 16.7 Å². The van der Waals surface area contributed by atoms with E-state index in [-0.39, 0.29) is 0 Å². The molecule has 2 aromatic carbocycles. The molecule has 0 fully saturated rings. The highest BCUT2D eigenvalue weighted by Crippen LogP contribution is 2.28. The number of carbonyl (C=O) groups is 1. The van der Waals surface area contributed by atoms with E-state index in [0.717, 1.165) is 5.69 Å². The summed E-state index contributed by atoms with van der Waals surface area (Å²) in [5.41, 5.74) is 1.86. The van der Waals surface area contributed by atoms with Gasteiger partial charge in [-0.25, -0.2) is 19.4 Å². The van der Waals surface area contributed by atoms with Gasteiger partial charge in [0.15, 0.2) is 5.65 Å². The summed E-state index contributed by atoms with van der Waals surface area (Å²) in [6.07, 6.45) is 3.05. The lowest BCUT2D eigenvalue weighted by Crippen LogP contribution is -2.00. The summed E-state index contributed by atoms with van der Waals surface area (Å²) < 4.78 is 12.2. The van der Waals surface area contributed by atoms with E-state index in [1.807, 2.05) is 12.1 Å². The second kappa shape index (κ2) is 7.05. The molecule has 2 heterocycles. The predicted molar refractivity (Wildman–Crippen MR) is 99.5 cm³/mol. The van der Waals surface area contributed by atoms with E-state index in [9.17, 15) is 4.79 Å². The third kappa shape index (κ3) is 3.32. The van der Waals surface area contributed by atoms with Gasteiger partial charge in [-0.2, -0.15) is 5.10 Å². The van der Waals surface area contributed by atoms with E-state index in [2.05, 4.69) is 19.8 Å². The molecule has 0 radical (unpaired) electrons. The number of halogens is 1. The molecule has 8 heteroatoms. The molecule has 0 saturated carbocycles. The van der Waals surface area contributed by atoms with Crippen molar-refractivity contribution < 1.29 is 14.3 Å². The van der Waals surface area contributed by atoms with Crippen LogP contribution in [0.5, 0.6) is 11.6 Å². The van der Waals surface area contributed by atoms with Crippen LogP contribution in [0.1, 0.15) is 10.4 Å². The Morgan fingerprint density at radius 1 is 1.04 bits per heavy atom. The highest BCUT2D eigenvalue weighted by atomic mass is 35.5. The summed E-state index contributed by atoms with van der Waals surface area (Å²) in [6.45, 7) is 0. The molecule has 0 saturated heterocycles. The zero-order valence-electron chi connectivity index (χ0n) is 14.2. The molecule has 0 aliphatic carbocycles. The fourth-order valence-electron chi connectivity index (χ4n) is 2.56. The highest BCUT2D eigenvalue weighted by Gasteiger charge is 2.13. The fourth-order valence-corrected chi connectivity index (χ4v) is 2.69. The number of hydrogen-bond donors (Lipinski definition) is 0. The van der Waals surface area contributed by atoms with Crippen LogP contribution >= 0.6 is 11.6 Å². The molecule has 2 aromatic heterocycles. The van der Waals surface area contributed by atoms with Crippen molar-refractivity contribution in [3.05, 3.63) is 71.6 Å². The van der Waals surface area contributed by atoms with Gasteiger partial charge in [-0.3, -0.25) is 0 Å². The molecule has 4 aromatic rings. The van der Waals surface area contributed by atoms with Gasteiger partial charge in [0.2, 0.25) is 5.88 Å². The largest absolute Gasteiger partial charge is 0.465 e. The maximum absolute atomic E-state index is 11.5. The molecule has 0 aliphatic heterocycles. The van der Waals surface area contributed by atoms with Crippen LogP contribution in [0.4, 0.5) is 0 Å². The number of esters is 1. The normalized spacial score (nSPS) is 10.7. The average molecular weight is 381 g/mol. The van der Waals surface area contributed by atoms with E-state index in [1.165, 1.54) is 13.4 Å². The number of carbonyl (C=O) groups excluding carboxylic acids is 1. The molecule has 134 valence electrons. The van der Waals surface area contributed by atoms with Crippen molar-refractivity contribution >= 4 is 28.6 Å². The molecule has 0 unspecified atom stereocenters. The van der Waals surface area contributed by atoms with E-state index in [1.54, 1.807) is 47.3 Å². The number of ether oxygens (including phenoxy) is 2. The Labute approximate surface area is 159 Å². The van der Waals surface area contributed by atoms with Crippen molar-refractivity contribution in [1.29, 1.82) is 0 Å². The van der Waals surface area contributed by atoms with Gasteiger partial charge in [0.1, 0.15) is 17.5 Å². The van der Waals surface area contributed by atoms with Gasteiger partial charge in [0, 0.05) is 5.02 Å². The lowest BCUT2D eigenvalue weighted by atomic mass is 10.2. The van der Waals surface area contributed by atoms with Crippen molar-refractivity contribution in [2.75, 3.05) is 7.11 Å². The number of rotatable bonds is 4. The third-order valence-electron chi connectivity index (χ3n) is 3.89. The summed E-state index contributed by atoms with van der Waals surface area (Å²) in [7, 11) is 1.34. The Hall–Kier alpha value is -3.45. The first kappa shape index (κ1) is 17.0. The van der Waals surface area contributed by atoms with Crippen molar-refractivity contribution in [2.24, 2.45) is 0 Å². The van der Waals surface area contributed by atoms with Crippen LogP contribution in [-0.4, -0.2) is 32.8 Å². The molecular weight excluding hydrogens is 368 g/mol. The van der Waals surface area contributed by atoms with Crippen LogP contribution in [0.3, 0.4) is 0 Å². The van der Waals surface area contributed by atoms with E-state index in [0.29, 0.717) is 33.2 Å². The number of methoxy groups -OCH3 is 1. The Morgan fingerprint density at radius 3 is 2.48 bits per heavy atom. The quantitative estimate of drug-likeness (QED) is 0.497. The number of hydrogen-bond acceptors (Lipinski definition) is 6. The van der Waals surface area contributed by atoms with E-state index < -0.39 is 5.97 Å². The molecule has 0 bridgehead atoms. The SMILES string of the molecule is COC(=O)c1ccc(Oc2ncnc3c2cnn3-c2ccc(Cl)cc2)cc1. The van der Waals surface area contributed by atoms with Crippen molar-refractivity contribution in [2.45, 2.75) is 0 Å². The fraction of sp³-hybridized carbons (Fsp3) is 0.0526. The highest BCUT2D eigenvalue weighted by molar-refractivity contribution is 6.30. The first-order valence-electron chi connectivity index (χ1n) is 7.96. The third-order valence-corrected chi connectivity index (χ3v) is 4.14. The zero-order valence-corrected chi connectivity index (χ0v) is 14.9. The first-order chi connectivity index (χ1) is 13.2. The van der Waals surface area contributed by atoms with Gasteiger partial charge in [-0.05, 0) is 48.5 Å². The van der Waals surface area contributed by atoms with E-state index in [4.69, 9.17) is 16.3 Å².